The predicted octanol–water partition coefficient (Wildman–Crippen LogP) is 1.49. The summed E-state index contributed by atoms with van der Waals surface area (Å²) >= 11 is 1.75. The van der Waals surface area contributed by atoms with Crippen LogP contribution in [0.3, 0.4) is 0 Å². The van der Waals surface area contributed by atoms with Gasteiger partial charge in [0.15, 0.2) is 0 Å². The Bertz CT molecular complexity index is 691. The molecule has 4 rings (SSSR count). The van der Waals surface area contributed by atoms with Gasteiger partial charge < -0.3 is 14.5 Å². The molecule has 1 atom stereocenters. The minimum absolute atomic E-state index is 0.155. The molecule has 2 amide bonds. The molecule has 2 saturated heterocycles. The molecule has 3 aliphatic rings. The zero-order valence-corrected chi connectivity index (χ0v) is 16.9. The molecular formula is C20H29N3O3S. The molecule has 27 heavy (non-hydrogen) atoms. The Morgan fingerprint density at radius 2 is 1.81 bits per heavy atom. The summed E-state index contributed by atoms with van der Waals surface area (Å²) in [7, 11) is 0. The lowest BCUT2D eigenvalue weighted by atomic mass is 9.88. The van der Waals surface area contributed by atoms with Gasteiger partial charge in [-0.2, -0.15) is 0 Å². The van der Waals surface area contributed by atoms with Crippen LogP contribution in [0.5, 0.6) is 0 Å². The lowest BCUT2D eigenvalue weighted by Gasteiger charge is -2.36. The van der Waals surface area contributed by atoms with E-state index in [-0.39, 0.29) is 11.8 Å². The second-order valence-electron chi connectivity index (χ2n) is 7.96. The van der Waals surface area contributed by atoms with Crippen LogP contribution in [0.4, 0.5) is 0 Å². The van der Waals surface area contributed by atoms with Crippen molar-refractivity contribution in [3.05, 3.63) is 21.4 Å². The second-order valence-corrected chi connectivity index (χ2v) is 8.92. The third-order valence-corrected chi connectivity index (χ3v) is 7.07. The smallest absolute Gasteiger partial charge is 0.255 e. The van der Waals surface area contributed by atoms with Gasteiger partial charge in [0.1, 0.15) is 0 Å². The molecule has 7 heteroatoms. The number of amides is 2. The van der Waals surface area contributed by atoms with Crippen molar-refractivity contribution in [2.75, 3.05) is 59.0 Å². The Balaban J connectivity index is 1.31. The van der Waals surface area contributed by atoms with E-state index in [2.05, 4.69) is 17.2 Å². The van der Waals surface area contributed by atoms with Crippen molar-refractivity contribution in [2.45, 2.75) is 26.2 Å². The van der Waals surface area contributed by atoms with Crippen molar-refractivity contribution >= 4 is 23.2 Å². The van der Waals surface area contributed by atoms with Crippen molar-refractivity contribution in [3.63, 3.8) is 0 Å². The lowest BCUT2D eigenvalue weighted by Crippen LogP contribution is -2.53. The fourth-order valence-electron chi connectivity index (χ4n) is 4.24. The van der Waals surface area contributed by atoms with E-state index in [1.807, 2.05) is 9.80 Å². The molecule has 0 aromatic carbocycles. The van der Waals surface area contributed by atoms with Crippen LogP contribution < -0.4 is 0 Å². The van der Waals surface area contributed by atoms with Gasteiger partial charge in [-0.05, 0) is 30.7 Å². The van der Waals surface area contributed by atoms with E-state index in [1.165, 1.54) is 16.9 Å². The van der Waals surface area contributed by atoms with Gasteiger partial charge in [-0.3, -0.25) is 14.5 Å². The number of ether oxygens (including phenoxy) is 1. The maximum atomic E-state index is 13.0. The summed E-state index contributed by atoms with van der Waals surface area (Å²) in [5.41, 5.74) is 2.20. The van der Waals surface area contributed by atoms with Crippen LogP contribution in [0.2, 0.25) is 0 Å². The van der Waals surface area contributed by atoms with Gasteiger partial charge in [0, 0.05) is 49.5 Å². The van der Waals surface area contributed by atoms with E-state index in [0.717, 1.165) is 37.4 Å². The van der Waals surface area contributed by atoms with Crippen molar-refractivity contribution in [1.82, 2.24) is 14.7 Å². The van der Waals surface area contributed by atoms with Crippen LogP contribution in [0.1, 0.15) is 34.1 Å². The number of carbonyl (C=O) groups excluding carboxylic acids is 2. The molecule has 148 valence electrons. The Morgan fingerprint density at radius 1 is 1.11 bits per heavy atom. The first-order valence-corrected chi connectivity index (χ1v) is 11.0. The molecule has 6 nitrogen and oxygen atoms in total. The van der Waals surface area contributed by atoms with Gasteiger partial charge in [0.2, 0.25) is 5.91 Å². The highest BCUT2D eigenvalue weighted by Gasteiger charge is 2.29. The van der Waals surface area contributed by atoms with E-state index < -0.39 is 0 Å². The molecule has 1 aliphatic carbocycles. The minimum Gasteiger partial charge on any atom is -0.379 e. The molecule has 0 N–H and O–H groups in total. The summed E-state index contributed by atoms with van der Waals surface area (Å²) in [6, 6.07) is 0. The first kappa shape index (κ1) is 18.9. The van der Waals surface area contributed by atoms with Crippen LogP contribution in [-0.4, -0.2) is 85.5 Å². The molecule has 2 fully saturated rings. The summed E-state index contributed by atoms with van der Waals surface area (Å²) in [6.45, 7) is 8.36. The molecule has 0 spiro atoms. The number of hydrogen-bond acceptors (Lipinski definition) is 5. The van der Waals surface area contributed by atoms with Gasteiger partial charge in [-0.1, -0.05) is 6.92 Å². The summed E-state index contributed by atoms with van der Waals surface area (Å²) < 4.78 is 5.34. The maximum absolute atomic E-state index is 13.0. The third kappa shape index (κ3) is 4.20. The quantitative estimate of drug-likeness (QED) is 0.783. The first-order chi connectivity index (χ1) is 13.1. The van der Waals surface area contributed by atoms with Crippen molar-refractivity contribution in [1.29, 1.82) is 0 Å². The Hall–Kier alpha value is -1.44. The van der Waals surface area contributed by atoms with E-state index in [4.69, 9.17) is 4.74 Å². The van der Waals surface area contributed by atoms with Crippen molar-refractivity contribution < 1.29 is 14.3 Å². The summed E-state index contributed by atoms with van der Waals surface area (Å²) in [6.07, 6.45) is 3.31. The van der Waals surface area contributed by atoms with Crippen LogP contribution in [-0.2, 0) is 22.4 Å². The highest BCUT2D eigenvalue weighted by molar-refractivity contribution is 7.10. The third-order valence-electron chi connectivity index (χ3n) is 6.01. The molecular weight excluding hydrogens is 362 g/mol. The number of hydrogen-bond donors (Lipinski definition) is 0. The Labute approximate surface area is 165 Å². The molecule has 0 bridgehead atoms. The molecule has 1 aromatic heterocycles. The number of thiophene rings is 1. The fourth-order valence-corrected chi connectivity index (χ4v) is 5.47. The van der Waals surface area contributed by atoms with Gasteiger partial charge in [0.25, 0.3) is 5.91 Å². The maximum Gasteiger partial charge on any atom is 0.255 e. The van der Waals surface area contributed by atoms with Gasteiger partial charge in [-0.15, -0.1) is 11.3 Å². The average molecular weight is 392 g/mol. The molecule has 2 aliphatic heterocycles. The molecule has 3 heterocycles. The zero-order valence-electron chi connectivity index (χ0n) is 16.1. The number of morpholine rings is 1. The highest BCUT2D eigenvalue weighted by Crippen LogP contribution is 2.33. The predicted molar refractivity (Wildman–Crippen MR) is 105 cm³/mol. The summed E-state index contributed by atoms with van der Waals surface area (Å²) in [5.74, 6) is 1.05. The van der Waals surface area contributed by atoms with Crippen LogP contribution in [0, 0.1) is 5.92 Å². The van der Waals surface area contributed by atoms with E-state index in [1.54, 1.807) is 11.3 Å². The molecule has 0 saturated carbocycles. The van der Waals surface area contributed by atoms with E-state index in [0.29, 0.717) is 45.9 Å². The Kier molecular flexibility index (Phi) is 5.80. The number of nitrogens with zero attached hydrogens (tertiary/aromatic N) is 3. The van der Waals surface area contributed by atoms with Crippen LogP contribution in [0.15, 0.2) is 5.38 Å². The van der Waals surface area contributed by atoms with Gasteiger partial charge in [0.05, 0.1) is 25.3 Å². The summed E-state index contributed by atoms with van der Waals surface area (Å²) in [5, 5.41) is 2.06. The average Bonchev–Trinajstić information content (AvgIpc) is 3.11. The number of rotatable bonds is 3. The minimum atomic E-state index is 0.155. The van der Waals surface area contributed by atoms with Crippen molar-refractivity contribution in [3.8, 4) is 0 Å². The van der Waals surface area contributed by atoms with Crippen LogP contribution in [0.25, 0.3) is 0 Å². The highest BCUT2D eigenvalue weighted by atomic mass is 32.1. The number of carbonyl (C=O) groups is 2. The largest absolute Gasteiger partial charge is 0.379 e. The Morgan fingerprint density at radius 3 is 2.56 bits per heavy atom. The molecule has 1 aromatic rings. The summed E-state index contributed by atoms with van der Waals surface area (Å²) in [4.78, 5) is 32.9. The number of fused-ring (bicyclic) bond motifs is 1. The van der Waals surface area contributed by atoms with Gasteiger partial charge in [-0.25, -0.2) is 0 Å². The first-order valence-electron chi connectivity index (χ1n) is 10.1. The number of piperazine rings is 1. The van der Waals surface area contributed by atoms with E-state index in [9.17, 15) is 9.59 Å². The normalized spacial score (nSPS) is 24.0. The van der Waals surface area contributed by atoms with Crippen LogP contribution >= 0.6 is 11.3 Å². The second kappa shape index (κ2) is 8.29. The molecule has 0 radical (unpaired) electrons. The zero-order chi connectivity index (χ0) is 18.8. The van der Waals surface area contributed by atoms with Crippen molar-refractivity contribution in [2.24, 2.45) is 5.92 Å². The SMILES string of the molecule is CC1CCc2c(C(=O)N3CCN(C(=O)CN4CCOCC4)CC3)csc2C1. The van der Waals surface area contributed by atoms with Gasteiger partial charge >= 0.3 is 0 Å². The fraction of sp³-hybridized carbons (Fsp3) is 0.700. The monoisotopic (exact) mass is 391 g/mol. The lowest BCUT2D eigenvalue weighted by molar-refractivity contribution is -0.134. The topological polar surface area (TPSA) is 53.1 Å². The standard InChI is InChI=1S/C20H29N3O3S/c1-15-2-3-16-17(14-27-18(16)12-15)20(25)23-6-4-22(5-7-23)19(24)13-21-8-10-26-11-9-21/h14-15H,2-13H2,1H3. The molecule has 1 unspecified atom stereocenters. The van der Waals surface area contributed by atoms with E-state index >= 15 is 0 Å².